The van der Waals surface area contributed by atoms with E-state index in [1.807, 2.05) is 29.7 Å². The maximum atomic E-state index is 12.9. The highest BCUT2D eigenvalue weighted by Gasteiger charge is 2.31. The number of rotatable bonds is 4. The van der Waals surface area contributed by atoms with Crippen LogP contribution in [0.5, 0.6) is 5.75 Å². The molecule has 1 aromatic carbocycles. The fourth-order valence-electron chi connectivity index (χ4n) is 3.45. The van der Waals surface area contributed by atoms with Gasteiger partial charge in [0.15, 0.2) is 0 Å². The molecule has 2 aromatic heterocycles. The number of benzene rings is 1. The zero-order chi connectivity index (χ0) is 20.4. The average molecular weight is 391 g/mol. The monoisotopic (exact) mass is 391 g/mol. The Balaban J connectivity index is 1.48. The van der Waals surface area contributed by atoms with Gasteiger partial charge in [-0.2, -0.15) is 0 Å². The van der Waals surface area contributed by atoms with Crippen LogP contribution >= 0.6 is 0 Å². The lowest BCUT2D eigenvalue weighted by Gasteiger charge is -2.33. The van der Waals surface area contributed by atoms with Gasteiger partial charge in [0, 0.05) is 31.0 Å². The first-order chi connectivity index (χ1) is 14.0. The van der Waals surface area contributed by atoms with Crippen LogP contribution in [0.25, 0.3) is 0 Å². The predicted octanol–water partition coefficient (Wildman–Crippen LogP) is 2.13. The molecule has 0 radical (unpaired) electrons. The Bertz CT molecular complexity index is 1050. The van der Waals surface area contributed by atoms with E-state index in [4.69, 9.17) is 0 Å². The minimum Gasteiger partial charge on any atom is -0.508 e. The Morgan fingerprint density at radius 3 is 2.83 bits per heavy atom. The topological polar surface area (TPSA) is 100 Å². The van der Waals surface area contributed by atoms with Crippen LogP contribution in [-0.2, 0) is 13.1 Å². The molecule has 1 atom stereocenters. The normalized spacial score (nSPS) is 15.6. The number of pyridine rings is 1. The second-order valence-corrected chi connectivity index (χ2v) is 6.91. The molecule has 1 aliphatic rings. The van der Waals surface area contributed by atoms with Gasteiger partial charge < -0.3 is 19.9 Å². The van der Waals surface area contributed by atoms with Crippen molar-refractivity contribution in [3.63, 3.8) is 0 Å². The number of carbonyl (C=O) groups excluding carboxylic acids is 2. The molecule has 29 heavy (non-hydrogen) atoms. The summed E-state index contributed by atoms with van der Waals surface area (Å²) in [6, 6.07) is 11.5. The van der Waals surface area contributed by atoms with E-state index >= 15 is 0 Å². The van der Waals surface area contributed by atoms with E-state index in [-0.39, 0.29) is 23.6 Å². The molecule has 2 N–H and O–H groups in total. The number of fused-ring (bicyclic) bond motifs is 1. The highest BCUT2D eigenvalue weighted by Crippen LogP contribution is 2.27. The number of carbonyl (C=O) groups is 2. The van der Waals surface area contributed by atoms with E-state index in [1.54, 1.807) is 29.4 Å². The minimum atomic E-state index is -0.295. The third-order valence-corrected chi connectivity index (χ3v) is 4.97. The maximum Gasteiger partial charge on any atom is 0.271 e. The summed E-state index contributed by atoms with van der Waals surface area (Å²) in [6.07, 6.45) is 3.40. The number of amides is 2. The summed E-state index contributed by atoms with van der Waals surface area (Å²) in [5.74, 6) is 0.251. The fraction of sp³-hybridized carbons (Fsp3) is 0.238. The quantitative estimate of drug-likeness (QED) is 0.710. The summed E-state index contributed by atoms with van der Waals surface area (Å²) in [5.41, 5.74) is 1.50. The molecule has 0 spiro atoms. The lowest BCUT2D eigenvalue weighted by atomic mass is 10.1. The molecule has 0 saturated heterocycles. The number of phenols is 1. The molecule has 0 saturated carbocycles. The van der Waals surface area contributed by atoms with Crippen molar-refractivity contribution >= 4 is 11.8 Å². The van der Waals surface area contributed by atoms with Gasteiger partial charge in [-0.3, -0.25) is 14.6 Å². The van der Waals surface area contributed by atoms with Crippen LogP contribution in [0, 0.1) is 0 Å². The number of aromatic hydroxyl groups is 1. The Kier molecular flexibility index (Phi) is 4.99. The lowest BCUT2D eigenvalue weighted by molar-refractivity contribution is 0.0637. The van der Waals surface area contributed by atoms with Gasteiger partial charge in [0.25, 0.3) is 11.8 Å². The van der Waals surface area contributed by atoms with Gasteiger partial charge in [-0.15, -0.1) is 0 Å². The summed E-state index contributed by atoms with van der Waals surface area (Å²) in [6.45, 7) is 3.24. The van der Waals surface area contributed by atoms with Crippen molar-refractivity contribution in [3.05, 3.63) is 77.6 Å². The Morgan fingerprint density at radius 1 is 1.21 bits per heavy atom. The molecule has 0 aliphatic carbocycles. The van der Waals surface area contributed by atoms with Crippen LogP contribution < -0.4 is 5.32 Å². The van der Waals surface area contributed by atoms with E-state index in [1.165, 1.54) is 12.1 Å². The van der Waals surface area contributed by atoms with Crippen LogP contribution in [0.3, 0.4) is 0 Å². The van der Waals surface area contributed by atoms with E-state index in [0.29, 0.717) is 36.7 Å². The zero-order valence-electron chi connectivity index (χ0n) is 15.9. The van der Waals surface area contributed by atoms with Crippen LogP contribution in [-0.4, -0.2) is 42.9 Å². The fourth-order valence-corrected chi connectivity index (χ4v) is 3.45. The minimum absolute atomic E-state index is 0.0499. The smallest absolute Gasteiger partial charge is 0.271 e. The Morgan fingerprint density at radius 2 is 2.07 bits per heavy atom. The summed E-state index contributed by atoms with van der Waals surface area (Å²) < 4.78 is 1.91. The summed E-state index contributed by atoms with van der Waals surface area (Å²) in [5, 5.41) is 12.5. The number of phenolic OH excluding ortho intramolecular Hbond substituents is 1. The zero-order valence-corrected chi connectivity index (χ0v) is 15.9. The number of hydrogen-bond acceptors (Lipinski definition) is 5. The molecule has 8 heteroatoms. The van der Waals surface area contributed by atoms with Gasteiger partial charge in [-0.25, -0.2) is 4.98 Å². The number of aromatic nitrogens is 3. The summed E-state index contributed by atoms with van der Waals surface area (Å²) in [4.78, 5) is 35.7. The van der Waals surface area contributed by atoms with Crippen molar-refractivity contribution in [3.8, 4) is 5.75 Å². The van der Waals surface area contributed by atoms with Crippen molar-refractivity contribution in [2.45, 2.75) is 26.1 Å². The van der Waals surface area contributed by atoms with E-state index in [2.05, 4.69) is 15.3 Å². The van der Waals surface area contributed by atoms with Crippen molar-refractivity contribution in [2.75, 3.05) is 6.54 Å². The summed E-state index contributed by atoms with van der Waals surface area (Å²) >= 11 is 0. The van der Waals surface area contributed by atoms with E-state index < -0.39 is 0 Å². The van der Waals surface area contributed by atoms with Crippen molar-refractivity contribution in [2.24, 2.45) is 0 Å². The highest BCUT2D eigenvalue weighted by atomic mass is 16.3. The first-order valence-electron chi connectivity index (χ1n) is 9.38. The maximum absolute atomic E-state index is 12.9. The highest BCUT2D eigenvalue weighted by molar-refractivity contribution is 5.95. The Labute approximate surface area is 167 Å². The SMILES string of the molecule is C[C@@H]1c2nc(C(=O)NCc3ccccn3)cn2CCN1C(=O)c1cccc(O)c1. The lowest BCUT2D eigenvalue weighted by Crippen LogP contribution is -2.41. The van der Waals surface area contributed by atoms with Crippen molar-refractivity contribution in [1.82, 2.24) is 24.8 Å². The van der Waals surface area contributed by atoms with Gasteiger partial charge in [0.1, 0.15) is 17.3 Å². The molecule has 1 aliphatic heterocycles. The largest absolute Gasteiger partial charge is 0.508 e. The number of nitrogens with zero attached hydrogens (tertiary/aromatic N) is 4. The van der Waals surface area contributed by atoms with Gasteiger partial charge in [-0.05, 0) is 37.3 Å². The molecule has 2 amide bonds. The standard InChI is InChI=1S/C21H21N5O3/c1-14-19-24-18(20(28)23-12-16-6-2-3-8-22-16)13-25(19)9-10-26(14)21(29)15-5-4-7-17(27)11-15/h2-8,11,13-14,27H,9-10,12H2,1H3,(H,23,28)/t14-/m1/s1. The van der Waals surface area contributed by atoms with Gasteiger partial charge >= 0.3 is 0 Å². The van der Waals surface area contributed by atoms with Gasteiger partial charge in [-0.1, -0.05) is 12.1 Å². The van der Waals surface area contributed by atoms with E-state index in [0.717, 1.165) is 5.69 Å². The summed E-state index contributed by atoms with van der Waals surface area (Å²) in [7, 11) is 0. The number of nitrogens with one attached hydrogen (secondary N) is 1. The first kappa shape index (κ1) is 18.7. The average Bonchev–Trinajstić information content (AvgIpc) is 3.18. The van der Waals surface area contributed by atoms with Crippen LogP contribution in [0.1, 0.15) is 45.3 Å². The molecule has 0 bridgehead atoms. The van der Waals surface area contributed by atoms with E-state index in [9.17, 15) is 14.7 Å². The van der Waals surface area contributed by atoms with Gasteiger partial charge in [0.05, 0.1) is 18.3 Å². The number of imidazole rings is 1. The van der Waals surface area contributed by atoms with Crippen LogP contribution in [0.2, 0.25) is 0 Å². The second kappa shape index (κ2) is 7.75. The molecular weight excluding hydrogens is 370 g/mol. The van der Waals surface area contributed by atoms with Crippen LogP contribution in [0.4, 0.5) is 0 Å². The molecule has 8 nitrogen and oxygen atoms in total. The van der Waals surface area contributed by atoms with Crippen molar-refractivity contribution < 1.29 is 14.7 Å². The molecule has 4 rings (SSSR count). The van der Waals surface area contributed by atoms with Crippen LogP contribution in [0.15, 0.2) is 54.9 Å². The molecule has 3 heterocycles. The Hall–Kier alpha value is -3.68. The molecule has 0 fully saturated rings. The molecule has 3 aromatic rings. The third-order valence-electron chi connectivity index (χ3n) is 4.97. The molecule has 148 valence electrons. The molecule has 0 unspecified atom stereocenters. The predicted molar refractivity (Wildman–Crippen MR) is 105 cm³/mol. The van der Waals surface area contributed by atoms with Gasteiger partial charge in [0.2, 0.25) is 0 Å². The first-order valence-corrected chi connectivity index (χ1v) is 9.38. The second-order valence-electron chi connectivity index (χ2n) is 6.91. The molecular formula is C21H21N5O3. The third kappa shape index (κ3) is 3.82. The van der Waals surface area contributed by atoms with Crippen molar-refractivity contribution in [1.29, 1.82) is 0 Å². The number of hydrogen-bond donors (Lipinski definition) is 2.